The Hall–Kier alpha value is -1.50. The van der Waals surface area contributed by atoms with Gasteiger partial charge in [0.1, 0.15) is 6.10 Å². The van der Waals surface area contributed by atoms with Gasteiger partial charge in [0.2, 0.25) is 0 Å². The molecule has 0 saturated carbocycles. The molecule has 0 aliphatic rings. The molecule has 0 aliphatic carbocycles. The summed E-state index contributed by atoms with van der Waals surface area (Å²) in [4.78, 5) is 21.2. The lowest BCUT2D eigenvalue weighted by atomic mass is 10.2. The van der Waals surface area contributed by atoms with Gasteiger partial charge in [-0.1, -0.05) is 68.4 Å². The Labute approximate surface area is 200 Å². The van der Waals surface area contributed by atoms with Crippen LogP contribution in [0.5, 0.6) is 0 Å². The summed E-state index contributed by atoms with van der Waals surface area (Å²) in [6, 6.07) is 0. The van der Waals surface area contributed by atoms with E-state index in [1.807, 2.05) is 0 Å². The van der Waals surface area contributed by atoms with Crippen molar-refractivity contribution in [2.75, 3.05) is 19.8 Å². The number of carbonyl (C=O) groups excluding carboxylic acids is 1. The van der Waals surface area contributed by atoms with Gasteiger partial charge in [-0.15, -0.1) is 0 Å². The third-order valence-electron chi connectivity index (χ3n) is 4.39. The van der Waals surface area contributed by atoms with Crippen LogP contribution in [-0.2, 0) is 23.1 Å². The molecule has 0 saturated heterocycles. The predicted octanol–water partition coefficient (Wildman–Crippen LogP) is 6.16. The summed E-state index contributed by atoms with van der Waals surface area (Å²) in [5.41, 5.74) is 5.20. The maximum atomic E-state index is 11.8. The Bertz CT molecular complexity index is 645. The Balaban J connectivity index is 3.71. The van der Waals surface area contributed by atoms with Gasteiger partial charge in [0, 0.05) is 13.0 Å². The minimum atomic E-state index is -4.15. The average molecular weight is 486 g/mol. The highest BCUT2D eigenvalue weighted by Crippen LogP contribution is 2.42. The number of carbonyl (C=O) groups is 1. The molecule has 0 spiro atoms. The van der Waals surface area contributed by atoms with Crippen LogP contribution in [0.4, 0.5) is 0 Å². The fourth-order valence-electron chi connectivity index (χ4n) is 2.65. The van der Waals surface area contributed by atoms with Crippen LogP contribution < -0.4 is 5.73 Å². The molecule has 8 heteroatoms. The molecule has 0 radical (unpaired) electrons. The number of allylic oxidation sites excluding steroid dienone is 8. The van der Waals surface area contributed by atoms with Gasteiger partial charge in [0.05, 0.1) is 13.2 Å². The van der Waals surface area contributed by atoms with Crippen LogP contribution in [0, 0.1) is 0 Å². The Morgan fingerprint density at radius 1 is 0.909 bits per heavy atom. The number of nitrogens with two attached hydrogens (primary N) is 1. The summed E-state index contributed by atoms with van der Waals surface area (Å²) in [5, 5.41) is 0. The fourth-order valence-corrected chi connectivity index (χ4v) is 3.46. The van der Waals surface area contributed by atoms with E-state index in [-0.39, 0.29) is 32.1 Å². The van der Waals surface area contributed by atoms with Gasteiger partial charge in [-0.05, 0) is 51.9 Å². The van der Waals surface area contributed by atoms with E-state index in [0.717, 1.165) is 25.7 Å². The lowest BCUT2D eigenvalue weighted by Gasteiger charge is -2.16. The molecule has 1 unspecified atom stereocenters. The minimum absolute atomic E-state index is 0.0839. The highest BCUT2D eigenvalue weighted by molar-refractivity contribution is 7.47. The van der Waals surface area contributed by atoms with Crippen molar-refractivity contribution in [2.24, 2.45) is 5.73 Å². The molecule has 0 bridgehead atoms. The first-order valence-corrected chi connectivity index (χ1v) is 13.5. The van der Waals surface area contributed by atoms with E-state index in [1.54, 1.807) is 6.92 Å². The van der Waals surface area contributed by atoms with Crippen molar-refractivity contribution in [1.82, 2.24) is 0 Å². The van der Waals surface area contributed by atoms with Crippen molar-refractivity contribution >= 4 is 13.8 Å². The van der Waals surface area contributed by atoms with Crippen LogP contribution in [0.3, 0.4) is 0 Å². The zero-order valence-electron chi connectivity index (χ0n) is 20.4. The van der Waals surface area contributed by atoms with E-state index in [9.17, 15) is 14.3 Å². The van der Waals surface area contributed by atoms with Crippen molar-refractivity contribution in [3.05, 3.63) is 48.6 Å². The topological polar surface area (TPSA) is 108 Å². The monoisotopic (exact) mass is 485 g/mol. The highest BCUT2D eigenvalue weighted by atomic mass is 31.2. The molecule has 33 heavy (non-hydrogen) atoms. The van der Waals surface area contributed by atoms with E-state index < -0.39 is 13.9 Å². The second kappa shape index (κ2) is 22.3. The minimum Gasteiger partial charge on any atom is -0.460 e. The molecule has 0 fully saturated rings. The number of phosphoric acid groups is 1. The van der Waals surface area contributed by atoms with Crippen molar-refractivity contribution in [2.45, 2.75) is 84.2 Å². The summed E-state index contributed by atoms with van der Waals surface area (Å²) < 4.78 is 26.0. The SMILES string of the molecule is CCCCC/C=C\C/C=C/C/C=C/C/C=C/CCCC(=O)O[C@H](C)COP(=O)(O)OCCN. The Kier molecular flexibility index (Phi) is 21.3. The van der Waals surface area contributed by atoms with Crippen molar-refractivity contribution in [1.29, 1.82) is 0 Å². The summed E-state index contributed by atoms with van der Waals surface area (Å²) in [5.74, 6) is -0.363. The molecule has 0 aliphatic heterocycles. The number of hydrogen-bond acceptors (Lipinski definition) is 6. The molecule has 0 heterocycles. The maximum absolute atomic E-state index is 11.8. The third kappa shape index (κ3) is 23.5. The van der Waals surface area contributed by atoms with Gasteiger partial charge in [0.15, 0.2) is 0 Å². The highest BCUT2D eigenvalue weighted by Gasteiger charge is 2.22. The molecule has 2 atom stereocenters. The largest absolute Gasteiger partial charge is 0.472 e. The van der Waals surface area contributed by atoms with E-state index >= 15 is 0 Å². The van der Waals surface area contributed by atoms with E-state index in [2.05, 4.69) is 60.1 Å². The van der Waals surface area contributed by atoms with Gasteiger partial charge < -0.3 is 15.4 Å². The van der Waals surface area contributed by atoms with Gasteiger partial charge in [-0.25, -0.2) is 4.57 Å². The molecule has 7 nitrogen and oxygen atoms in total. The van der Waals surface area contributed by atoms with Crippen LogP contribution in [0.1, 0.15) is 78.1 Å². The quantitative estimate of drug-likeness (QED) is 0.0868. The van der Waals surface area contributed by atoms with Gasteiger partial charge >= 0.3 is 13.8 Å². The van der Waals surface area contributed by atoms with Crippen LogP contribution >= 0.6 is 7.82 Å². The number of unbranched alkanes of at least 4 members (excludes halogenated alkanes) is 4. The predicted molar refractivity (Wildman–Crippen MR) is 135 cm³/mol. The number of rotatable bonds is 21. The molecular formula is C25H44NO6P. The molecule has 0 rings (SSSR count). The van der Waals surface area contributed by atoms with Gasteiger partial charge in [-0.3, -0.25) is 13.8 Å². The standard InChI is InChI=1S/C25H44NO6P/c1-3-4-5-6-7-8-9-10-11-12-13-14-15-16-17-18-19-20-25(27)32-24(2)23-31-33(28,29)30-22-21-26/h7-8,10-11,13-14,16-17,24H,3-6,9,12,15,18-23,26H2,1-2H3,(H,28,29)/b8-7-,11-10+,14-13+,17-16+/t24-/m1/s1. The first kappa shape index (κ1) is 31.5. The number of hydrogen-bond donors (Lipinski definition) is 2. The van der Waals surface area contributed by atoms with Crippen LogP contribution in [0.25, 0.3) is 0 Å². The molecule has 0 aromatic heterocycles. The van der Waals surface area contributed by atoms with Crippen molar-refractivity contribution in [3.63, 3.8) is 0 Å². The molecule has 0 aromatic rings. The molecule has 3 N–H and O–H groups in total. The lowest BCUT2D eigenvalue weighted by Crippen LogP contribution is -2.20. The molecule has 0 aromatic carbocycles. The van der Waals surface area contributed by atoms with Gasteiger partial charge in [-0.2, -0.15) is 0 Å². The summed E-state index contributed by atoms with van der Waals surface area (Å²) >= 11 is 0. The third-order valence-corrected chi connectivity index (χ3v) is 5.37. The second-order valence-electron chi connectivity index (χ2n) is 7.67. The number of phosphoric ester groups is 1. The number of ether oxygens (including phenoxy) is 1. The lowest BCUT2D eigenvalue weighted by molar-refractivity contribution is -0.150. The van der Waals surface area contributed by atoms with E-state index in [1.165, 1.54) is 25.7 Å². The zero-order chi connectivity index (χ0) is 24.6. The molecule has 0 amide bonds. The van der Waals surface area contributed by atoms with Crippen LogP contribution in [-0.4, -0.2) is 36.7 Å². The zero-order valence-corrected chi connectivity index (χ0v) is 21.3. The Morgan fingerprint density at radius 2 is 1.45 bits per heavy atom. The first-order valence-electron chi connectivity index (χ1n) is 12.0. The Morgan fingerprint density at radius 3 is 2.00 bits per heavy atom. The van der Waals surface area contributed by atoms with E-state index in [4.69, 9.17) is 15.0 Å². The summed E-state index contributed by atoms with van der Waals surface area (Å²) in [6.45, 7) is 3.62. The van der Waals surface area contributed by atoms with Crippen molar-refractivity contribution in [3.8, 4) is 0 Å². The smallest absolute Gasteiger partial charge is 0.460 e. The molecule has 190 valence electrons. The van der Waals surface area contributed by atoms with Gasteiger partial charge in [0.25, 0.3) is 0 Å². The second-order valence-corrected chi connectivity index (χ2v) is 9.12. The van der Waals surface area contributed by atoms with Crippen molar-refractivity contribution < 1.29 is 28.0 Å². The fraction of sp³-hybridized carbons (Fsp3) is 0.640. The summed E-state index contributed by atoms with van der Waals surface area (Å²) in [6.07, 6.45) is 26.3. The first-order chi connectivity index (χ1) is 15.9. The normalized spacial score (nSPS) is 15.2. The molecular weight excluding hydrogens is 441 g/mol. The summed E-state index contributed by atoms with van der Waals surface area (Å²) in [7, 11) is -4.15. The van der Waals surface area contributed by atoms with Crippen LogP contribution in [0.15, 0.2) is 48.6 Å². The number of esters is 1. The van der Waals surface area contributed by atoms with E-state index in [0.29, 0.717) is 6.42 Å². The average Bonchev–Trinajstić information content (AvgIpc) is 2.78. The van der Waals surface area contributed by atoms with Crippen LogP contribution in [0.2, 0.25) is 0 Å². The maximum Gasteiger partial charge on any atom is 0.472 e.